The predicted molar refractivity (Wildman–Crippen MR) is 95.8 cm³/mol. The Morgan fingerprint density at radius 3 is 2.59 bits per heavy atom. The molecular weight excluding hydrogens is 352 g/mol. The summed E-state index contributed by atoms with van der Waals surface area (Å²) in [5, 5.41) is 14.6. The molecule has 0 aliphatic rings. The molecule has 27 heavy (non-hydrogen) atoms. The highest BCUT2D eigenvalue weighted by Gasteiger charge is 2.33. The zero-order chi connectivity index (χ0) is 19.6. The maximum Gasteiger partial charge on any atom is 0.408 e. The zero-order valence-corrected chi connectivity index (χ0v) is 14.8. The number of nitrogens with one attached hydrogen (secondary N) is 3. The quantitative estimate of drug-likeness (QED) is 0.524. The van der Waals surface area contributed by atoms with Crippen LogP contribution in [0.2, 0.25) is 0 Å². The molecule has 1 heterocycles. The first-order chi connectivity index (χ1) is 13.0. The average Bonchev–Trinajstić information content (AvgIpc) is 3.20. The summed E-state index contributed by atoms with van der Waals surface area (Å²) in [6.45, 7) is 1.71. The molecule has 0 saturated heterocycles. The Morgan fingerprint density at radius 1 is 1.26 bits per heavy atom. The first-order valence-electron chi connectivity index (χ1n) is 8.46. The second-order valence-electron chi connectivity index (χ2n) is 5.78. The lowest BCUT2D eigenvalue weighted by Crippen LogP contribution is -2.48. The van der Waals surface area contributed by atoms with Gasteiger partial charge in [-0.1, -0.05) is 37.3 Å². The van der Waals surface area contributed by atoms with Crippen LogP contribution in [-0.2, 0) is 20.9 Å². The number of carbonyl (C=O) groups is 3. The summed E-state index contributed by atoms with van der Waals surface area (Å²) >= 11 is 0. The summed E-state index contributed by atoms with van der Waals surface area (Å²) in [5.74, 6) is -2.26. The number of carbonyl (C=O) groups excluding carboxylic acids is 2. The van der Waals surface area contributed by atoms with Gasteiger partial charge in [0.15, 0.2) is 0 Å². The Balaban J connectivity index is 2.05. The van der Waals surface area contributed by atoms with Crippen LogP contribution in [0.1, 0.15) is 30.5 Å². The molecule has 0 saturated carbocycles. The Labute approximate surface area is 156 Å². The third kappa shape index (κ3) is 6.14. The van der Waals surface area contributed by atoms with E-state index >= 15 is 0 Å². The summed E-state index contributed by atoms with van der Waals surface area (Å²) in [6.07, 6.45) is 2.32. The van der Waals surface area contributed by atoms with Gasteiger partial charge in [-0.25, -0.2) is 14.6 Å². The molecule has 1 aromatic heterocycles. The lowest BCUT2D eigenvalue weighted by Gasteiger charge is -2.23. The lowest BCUT2D eigenvalue weighted by atomic mass is 9.96. The van der Waals surface area contributed by atoms with Crippen LogP contribution in [0.5, 0.6) is 0 Å². The Morgan fingerprint density at radius 2 is 2.00 bits per heavy atom. The van der Waals surface area contributed by atoms with Gasteiger partial charge >= 0.3 is 12.1 Å². The summed E-state index contributed by atoms with van der Waals surface area (Å²) in [6, 6.07) is 7.70. The van der Waals surface area contributed by atoms with Gasteiger partial charge in [0.05, 0.1) is 17.9 Å². The standard InChI is InChI=1S/C18H22N4O5/c1-2-15(23)20-8-13(14-9-19-11-21-14)16(17(24)25)22-18(26)27-10-12-6-4-3-5-7-12/h3-7,9,11,13,16H,2,8,10H2,1H3,(H,19,21)(H,20,23)(H,22,26)(H,24,25)/t13?,16-/m0/s1. The molecule has 0 bridgehead atoms. The minimum atomic E-state index is -1.33. The molecule has 2 rings (SSSR count). The number of nitrogens with zero attached hydrogens (tertiary/aromatic N) is 1. The number of amides is 2. The van der Waals surface area contributed by atoms with Crippen LogP contribution in [-0.4, -0.2) is 45.6 Å². The first-order valence-corrected chi connectivity index (χ1v) is 8.46. The van der Waals surface area contributed by atoms with Crippen LogP contribution < -0.4 is 10.6 Å². The van der Waals surface area contributed by atoms with Gasteiger partial charge in [-0.15, -0.1) is 0 Å². The van der Waals surface area contributed by atoms with Crippen LogP contribution in [0, 0.1) is 0 Å². The number of imidazole rings is 1. The molecule has 0 fully saturated rings. The number of aliphatic carboxylic acids is 1. The number of ether oxygens (including phenoxy) is 1. The lowest BCUT2D eigenvalue weighted by molar-refractivity contribution is -0.140. The van der Waals surface area contributed by atoms with E-state index in [0.717, 1.165) is 5.56 Å². The number of hydrogen-bond acceptors (Lipinski definition) is 5. The van der Waals surface area contributed by atoms with Gasteiger partial charge in [-0.3, -0.25) is 4.79 Å². The Kier molecular flexibility index (Phi) is 7.36. The molecule has 144 valence electrons. The number of benzene rings is 1. The number of hydrogen-bond donors (Lipinski definition) is 4. The van der Waals surface area contributed by atoms with Crippen molar-refractivity contribution in [2.45, 2.75) is 31.9 Å². The highest BCUT2D eigenvalue weighted by Crippen LogP contribution is 2.17. The third-order valence-electron chi connectivity index (χ3n) is 3.89. The average molecular weight is 374 g/mol. The van der Waals surface area contributed by atoms with E-state index < -0.39 is 24.0 Å². The van der Waals surface area contributed by atoms with E-state index in [-0.39, 0.29) is 25.5 Å². The van der Waals surface area contributed by atoms with Crippen LogP contribution >= 0.6 is 0 Å². The smallest absolute Gasteiger partial charge is 0.408 e. The third-order valence-corrected chi connectivity index (χ3v) is 3.89. The summed E-state index contributed by atoms with van der Waals surface area (Å²) < 4.78 is 5.09. The number of carboxylic acids is 1. The van der Waals surface area contributed by atoms with Gasteiger partial charge in [0, 0.05) is 19.2 Å². The monoisotopic (exact) mass is 374 g/mol. The molecule has 0 radical (unpaired) electrons. The molecule has 1 aromatic carbocycles. The number of carboxylic acid groups (broad SMARTS) is 1. The van der Waals surface area contributed by atoms with Gasteiger partial charge in [0.2, 0.25) is 5.91 Å². The maximum atomic E-state index is 12.1. The molecule has 0 aliphatic heterocycles. The maximum absolute atomic E-state index is 12.1. The predicted octanol–water partition coefficient (Wildman–Crippen LogP) is 1.40. The highest BCUT2D eigenvalue weighted by molar-refractivity contribution is 5.81. The van der Waals surface area contributed by atoms with E-state index in [1.165, 1.54) is 12.5 Å². The van der Waals surface area contributed by atoms with Crippen molar-refractivity contribution in [3.63, 3.8) is 0 Å². The zero-order valence-electron chi connectivity index (χ0n) is 14.8. The van der Waals surface area contributed by atoms with Crippen molar-refractivity contribution in [2.24, 2.45) is 0 Å². The van der Waals surface area contributed by atoms with Crippen molar-refractivity contribution in [3.8, 4) is 0 Å². The van der Waals surface area contributed by atoms with E-state index in [2.05, 4.69) is 20.6 Å². The van der Waals surface area contributed by atoms with Crippen LogP contribution in [0.15, 0.2) is 42.9 Å². The van der Waals surface area contributed by atoms with E-state index in [9.17, 15) is 19.5 Å². The minimum absolute atomic E-state index is 0.00740. The van der Waals surface area contributed by atoms with Gasteiger partial charge in [-0.2, -0.15) is 0 Å². The second-order valence-corrected chi connectivity index (χ2v) is 5.78. The van der Waals surface area contributed by atoms with E-state index in [0.29, 0.717) is 5.69 Å². The van der Waals surface area contributed by atoms with E-state index in [1.807, 2.05) is 6.07 Å². The van der Waals surface area contributed by atoms with Crippen molar-refractivity contribution in [1.29, 1.82) is 0 Å². The Bertz CT molecular complexity index is 748. The van der Waals surface area contributed by atoms with Gasteiger partial charge in [-0.05, 0) is 5.56 Å². The van der Waals surface area contributed by atoms with E-state index in [4.69, 9.17) is 4.74 Å². The fourth-order valence-corrected chi connectivity index (χ4v) is 2.44. The SMILES string of the molecule is CCC(=O)NCC(c1c[nH]cn1)[C@H](NC(=O)OCc1ccccc1)C(=O)O. The normalized spacial score (nSPS) is 12.6. The van der Waals surface area contributed by atoms with Crippen LogP contribution in [0.4, 0.5) is 4.79 Å². The molecular formula is C18H22N4O5. The molecule has 1 unspecified atom stereocenters. The first kappa shape index (κ1) is 20.0. The topological polar surface area (TPSA) is 133 Å². The minimum Gasteiger partial charge on any atom is -0.480 e. The molecule has 9 nitrogen and oxygen atoms in total. The molecule has 4 N–H and O–H groups in total. The van der Waals surface area contributed by atoms with Crippen molar-refractivity contribution in [3.05, 3.63) is 54.1 Å². The molecule has 0 aliphatic carbocycles. The molecule has 2 atom stereocenters. The Hall–Kier alpha value is -3.36. The number of H-pyrrole nitrogens is 1. The van der Waals surface area contributed by atoms with Crippen molar-refractivity contribution >= 4 is 18.0 Å². The summed E-state index contributed by atoms with van der Waals surface area (Å²) in [4.78, 5) is 42.2. The fraction of sp³-hybridized carbons (Fsp3) is 0.333. The second kappa shape index (κ2) is 9.95. The number of aromatic nitrogens is 2. The molecule has 9 heteroatoms. The molecule has 2 amide bonds. The fourth-order valence-electron chi connectivity index (χ4n) is 2.44. The number of aromatic amines is 1. The molecule has 0 spiro atoms. The van der Waals surface area contributed by atoms with Crippen molar-refractivity contribution in [1.82, 2.24) is 20.6 Å². The number of rotatable bonds is 9. The summed E-state index contributed by atoms with van der Waals surface area (Å²) in [7, 11) is 0. The van der Waals surface area contributed by atoms with Gasteiger partial charge in [0.1, 0.15) is 12.6 Å². The molecule has 2 aromatic rings. The van der Waals surface area contributed by atoms with Gasteiger partial charge < -0.3 is 25.5 Å². The van der Waals surface area contributed by atoms with Crippen molar-refractivity contribution in [2.75, 3.05) is 6.54 Å². The summed E-state index contributed by atoms with van der Waals surface area (Å²) in [5.41, 5.74) is 1.18. The van der Waals surface area contributed by atoms with Gasteiger partial charge in [0.25, 0.3) is 0 Å². The van der Waals surface area contributed by atoms with Crippen LogP contribution in [0.3, 0.4) is 0 Å². The van der Waals surface area contributed by atoms with Crippen molar-refractivity contribution < 1.29 is 24.2 Å². The number of alkyl carbamates (subject to hydrolysis) is 1. The largest absolute Gasteiger partial charge is 0.480 e. The highest BCUT2D eigenvalue weighted by atomic mass is 16.5. The van der Waals surface area contributed by atoms with Crippen LogP contribution in [0.25, 0.3) is 0 Å². The van der Waals surface area contributed by atoms with E-state index in [1.54, 1.807) is 31.2 Å².